The number of nitrogens with zero attached hydrogens (tertiary/aromatic N) is 1. The van der Waals surface area contributed by atoms with E-state index in [0.717, 1.165) is 17.5 Å². The average molecular weight is 247 g/mol. The standard InChI is InChI=1S/C14H17NO3/c1-9-5-6-11(10(2)8-9)13(16)15-7-3-4-12(15)14(17)18/h5-6,8,12H,3-4,7H2,1-2H3,(H,17,18). The maximum absolute atomic E-state index is 12.4. The third kappa shape index (κ3) is 2.23. The fraction of sp³-hybridized carbons (Fsp3) is 0.429. The molecule has 2 rings (SSSR count). The van der Waals surface area contributed by atoms with Crippen molar-refractivity contribution in [2.24, 2.45) is 0 Å². The highest BCUT2D eigenvalue weighted by Crippen LogP contribution is 2.22. The number of carboxylic acid groups (broad SMARTS) is 1. The van der Waals surface area contributed by atoms with E-state index in [2.05, 4.69) is 0 Å². The van der Waals surface area contributed by atoms with Gasteiger partial charge in [-0.05, 0) is 38.3 Å². The van der Waals surface area contributed by atoms with E-state index in [1.165, 1.54) is 4.90 Å². The number of carbonyl (C=O) groups is 2. The van der Waals surface area contributed by atoms with Crippen LogP contribution in [0.5, 0.6) is 0 Å². The molecule has 1 unspecified atom stereocenters. The lowest BCUT2D eigenvalue weighted by atomic mass is 10.0. The van der Waals surface area contributed by atoms with Gasteiger partial charge >= 0.3 is 5.97 Å². The number of carbonyl (C=O) groups excluding carboxylic acids is 1. The SMILES string of the molecule is Cc1ccc(C(=O)N2CCCC2C(=O)O)c(C)c1. The maximum atomic E-state index is 12.4. The summed E-state index contributed by atoms with van der Waals surface area (Å²) in [7, 11) is 0. The van der Waals surface area contributed by atoms with Gasteiger partial charge in [-0.3, -0.25) is 4.79 Å². The van der Waals surface area contributed by atoms with Crippen molar-refractivity contribution >= 4 is 11.9 Å². The summed E-state index contributed by atoms with van der Waals surface area (Å²) in [4.78, 5) is 24.9. The Kier molecular flexibility index (Phi) is 3.36. The Bertz CT molecular complexity index is 496. The fourth-order valence-corrected chi connectivity index (χ4v) is 2.47. The van der Waals surface area contributed by atoms with Gasteiger partial charge in [0.2, 0.25) is 0 Å². The van der Waals surface area contributed by atoms with Crippen molar-refractivity contribution < 1.29 is 14.7 Å². The van der Waals surface area contributed by atoms with Crippen LogP contribution in [0.3, 0.4) is 0 Å². The van der Waals surface area contributed by atoms with E-state index in [0.29, 0.717) is 18.5 Å². The molecule has 1 amide bonds. The molecule has 0 saturated carbocycles. The largest absolute Gasteiger partial charge is 0.480 e. The van der Waals surface area contributed by atoms with Gasteiger partial charge in [-0.25, -0.2) is 4.79 Å². The Hall–Kier alpha value is -1.84. The lowest BCUT2D eigenvalue weighted by Crippen LogP contribution is -2.40. The van der Waals surface area contributed by atoms with Crippen molar-refractivity contribution in [1.29, 1.82) is 0 Å². The van der Waals surface area contributed by atoms with Gasteiger partial charge < -0.3 is 10.0 Å². The van der Waals surface area contributed by atoms with E-state index >= 15 is 0 Å². The molecule has 1 saturated heterocycles. The first-order valence-electron chi connectivity index (χ1n) is 6.11. The molecule has 18 heavy (non-hydrogen) atoms. The summed E-state index contributed by atoms with van der Waals surface area (Å²) in [5.41, 5.74) is 2.60. The van der Waals surface area contributed by atoms with E-state index in [1.807, 2.05) is 26.0 Å². The number of likely N-dealkylation sites (tertiary alicyclic amines) is 1. The van der Waals surface area contributed by atoms with Crippen molar-refractivity contribution in [3.05, 3.63) is 34.9 Å². The molecule has 4 nitrogen and oxygen atoms in total. The van der Waals surface area contributed by atoms with E-state index in [9.17, 15) is 9.59 Å². The van der Waals surface area contributed by atoms with E-state index in [-0.39, 0.29) is 5.91 Å². The van der Waals surface area contributed by atoms with E-state index in [4.69, 9.17) is 5.11 Å². The minimum Gasteiger partial charge on any atom is -0.480 e. The van der Waals surface area contributed by atoms with Gasteiger partial charge in [-0.1, -0.05) is 17.7 Å². The van der Waals surface area contributed by atoms with E-state index < -0.39 is 12.0 Å². The van der Waals surface area contributed by atoms with Crippen molar-refractivity contribution in [3.63, 3.8) is 0 Å². The zero-order chi connectivity index (χ0) is 13.3. The molecule has 0 spiro atoms. The molecule has 96 valence electrons. The van der Waals surface area contributed by atoms with Crippen LogP contribution in [-0.2, 0) is 4.79 Å². The van der Waals surface area contributed by atoms with Crippen LogP contribution in [0.25, 0.3) is 0 Å². The van der Waals surface area contributed by atoms with Crippen LogP contribution in [-0.4, -0.2) is 34.5 Å². The third-order valence-corrected chi connectivity index (χ3v) is 3.41. The molecule has 1 aromatic rings. The second-order valence-corrected chi connectivity index (χ2v) is 4.81. The number of carboxylic acids is 1. The van der Waals surface area contributed by atoms with Gasteiger partial charge in [-0.15, -0.1) is 0 Å². The quantitative estimate of drug-likeness (QED) is 0.869. The maximum Gasteiger partial charge on any atom is 0.326 e. The lowest BCUT2D eigenvalue weighted by Gasteiger charge is -2.22. The van der Waals surface area contributed by atoms with Crippen LogP contribution in [0.4, 0.5) is 0 Å². The summed E-state index contributed by atoms with van der Waals surface area (Å²) in [6, 6.07) is 4.94. The summed E-state index contributed by atoms with van der Waals surface area (Å²) >= 11 is 0. The van der Waals surface area contributed by atoms with Gasteiger partial charge in [0.05, 0.1) is 0 Å². The molecule has 0 bridgehead atoms. The Balaban J connectivity index is 2.28. The number of hydrogen-bond donors (Lipinski definition) is 1. The van der Waals surface area contributed by atoms with E-state index in [1.54, 1.807) is 6.07 Å². The number of benzene rings is 1. The van der Waals surface area contributed by atoms with Gasteiger partial charge in [0.25, 0.3) is 5.91 Å². The Morgan fingerprint density at radius 3 is 2.67 bits per heavy atom. The number of amides is 1. The molecule has 0 radical (unpaired) electrons. The second kappa shape index (κ2) is 4.80. The second-order valence-electron chi connectivity index (χ2n) is 4.81. The normalized spacial score (nSPS) is 19.0. The highest BCUT2D eigenvalue weighted by molar-refractivity contribution is 5.98. The summed E-state index contributed by atoms with van der Waals surface area (Å²) in [6.45, 7) is 4.38. The summed E-state index contributed by atoms with van der Waals surface area (Å²) in [5, 5.41) is 9.10. The number of aliphatic carboxylic acids is 1. The molecular weight excluding hydrogens is 230 g/mol. The van der Waals surface area contributed by atoms with Crippen LogP contribution < -0.4 is 0 Å². The van der Waals surface area contributed by atoms with Gasteiger partial charge in [0, 0.05) is 12.1 Å². The van der Waals surface area contributed by atoms with Crippen LogP contribution in [0.15, 0.2) is 18.2 Å². The first kappa shape index (κ1) is 12.6. The van der Waals surface area contributed by atoms with Crippen LogP contribution in [0.2, 0.25) is 0 Å². The summed E-state index contributed by atoms with van der Waals surface area (Å²) in [5.74, 6) is -1.08. The molecule has 0 aliphatic carbocycles. The van der Waals surface area contributed by atoms with Crippen molar-refractivity contribution in [2.45, 2.75) is 32.7 Å². The molecule has 1 fully saturated rings. The van der Waals surface area contributed by atoms with Gasteiger partial charge in [0.1, 0.15) is 6.04 Å². The molecule has 1 aliphatic heterocycles. The minimum absolute atomic E-state index is 0.169. The monoisotopic (exact) mass is 247 g/mol. The molecule has 1 aromatic carbocycles. The number of hydrogen-bond acceptors (Lipinski definition) is 2. The Morgan fingerprint density at radius 2 is 2.06 bits per heavy atom. The number of rotatable bonds is 2. The molecule has 1 atom stereocenters. The third-order valence-electron chi connectivity index (χ3n) is 3.41. The zero-order valence-electron chi connectivity index (χ0n) is 10.6. The van der Waals surface area contributed by atoms with Crippen molar-refractivity contribution in [2.75, 3.05) is 6.54 Å². The minimum atomic E-state index is -0.911. The smallest absolute Gasteiger partial charge is 0.326 e. The summed E-state index contributed by atoms with van der Waals surface area (Å²) < 4.78 is 0. The molecule has 4 heteroatoms. The number of aryl methyl sites for hydroxylation is 2. The van der Waals surface area contributed by atoms with Gasteiger partial charge in [0.15, 0.2) is 0 Å². The van der Waals surface area contributed by atoms with Gasteiger partial charge in [-0.2, -0.15) is 0 Å². The zero-order valence-corrected chi connectivity index (χ0v) is 10.6. The first-order chi connectivity index (χ1) is 8.50. The van der Waals surface area contributed by atoms with Crippen molar-refractivity contribution in [3.8, 4) is 0 Å². The Labute approximate surface area is 106 Å². The summed E-state index contributed by atoms with van der Waals surface area (Å²) in [6.07, 6.45) is 1.31. The average Bonchev–Trinajstić information content (AvgIpc) is 2.77. The lowest BCUT2D eigenvalue weighted by molar-refractivity contribution is -0.141. The van der Waals surface area contributed by atoms with Crippen molar-refractivity contribution in [1.82, 2.24) is 4.90 Å². The topological polar surface area (TPSA) is 57.6 Å². The predicted molar refractivity (Wildman–Crippen MR) is 67.6 cm³/mol. The Morgan fingerprint density at radius 1 is 1.33 bits per heavy atom. The predicted octanol–water partition coefficient (Wildman–Crippen LogP) is 1.99. The van der Waals surface area contributed by atoms with Crippen LogP contribution in [0.1, 0.15) is 34.3 Å². The molecular formula is C14H17NO3. The van der Waals surface area contributed by atoms with Crippen LogP contribution in [0, 0.1) is 13.8 Å². The molecule has 1 N–H and O–H groups in total. The highest BCUT2D eigenvalue weighted by atomic mass is 16.4. The molecule has 0 aromatic heterocycles. The first-order valence-corrected chi connectivity index (χ1v) is 6.11. The molecule has 1 aliphatic rings. The fourth-order valence-electron chi connectivity index (χ4n) is 2.47. The highest BCUT2D eigenvalue weighted by Gasteiger charge is 2.34. The molecule has 1 heterocycles. The van der Waals surface area contributed by atoms with Crippen LogP contribution >= 0.6 is 0 Å².